The highest BCUT2D eigenvalue weighted by Crippen LogP contribution is 2.21. The van der Waals surface area contributed by atoms with Crippen molar-refractivity contribution in [3.63, 3.8) is 0 Å². The van der Waals surface area contributed by atoms with Gasteiger partial charge in [0, 0.05) is 47.0 Å². The first-order valence-electron chi connectivity index (χ1n) is 16.1. The van der Waals surface area contributed by atoms with Crippen LogP contribution in [0.3, 0.4) is 0 Å². The summed E-state index contributed by atoms with van der Waals surface area (Å²) in [6, 6.07) is 20.2. The minimum Gasteiger partial charge on any atom is -0.480 e. The molecule has 0 aliphatic heterocycles. The largest absolute Gasteiger partial charge is 0.480 e. The molecule has 0 radical (unpaired) electrons. The van der Waals surface area contributed by atoms with Crippen LogP contribution in [0.5, 0.6) is 0 Å². The smallest absolute Gasteiger partial charge is 0.326 e. The van der Waals surface area contributed by atoms with Gasteiger partial charge in [0.25, 0.3) is 0 Å². The number of carbonyl (C=O) groups is 4. The molecule has 0 fully saturated rings. The van der Waals surface area contributed by atoms with Gasteiger partial charge in [-0.1, -0.05) is 80.6 Å². The number of benzene rings is 3. The number of aliphatic carboxylic acids is 1. The second-order valence-electron chi connectivity index (χ2n) is 12.6. The second-order valence-corrected chi connectivity index (χ2v) is 12.6. The van der Waals surface area contributed by atoms with Gasteiger partial charge in [0.2, 0.25) is 17.7 Å². The van der Waals surface area contributed by atoms with Crippen molar-refractivity contribution >= 4 is 45.5 Å². The molecule has 5 aromatic rings. The van der Waals surface area contributed by atoms with Crippen molar-refractivity contribution in [2.24, 2.45) is 11.7 Å². The molecule has 2 heterocycles. The van der Waals surface area contributed by atoms with Crippen LogP contribution >= 0.6 is 0 Å². The number of nitrogens with one attached hydrogen (secondary N) is 5. The molecule has 0 bridgehead atoms. The Morgan fingerprint density at radius 3 is 1.69 bits per heavy atom. The van der Waals surface area contributed by atoms with Gasteiger partial charge in [-0.05, 0) is 47.6 Å². The molecule has 0 saturated heterocycles. The number of carboxylic acid groups (broad SMARTS) is 1. The molecule has 11 heteroatoms. The number of rotatable bonds is 15. The van der Waals surface area contributed by atoms with Crippen LogP contribution in [0.1, 0.15) is 37.0 Å². The summed E-state index contributed by atoms with van der Waals surface area (Å²) in [4.78, 5) is 59.7. The Balaban J connectivity index is 1.36. The lowest BCUT2D eigenvalue weighted by molar-refractivity contribution is -0.142. The van der Waals surface area contributed by atoms with E-state index in [1.54, 1.807) is 12.4 Å². The molecule has 3 aromatic carbocycles. The van der Waals surface area contributed by atoms with Crippen molar-refractivity contribution in [3.05, 3.63) is 108 Å². The van der Waals surface area contributed by atoms with Crippen LogP contribution in [0.15, 0.2) is 91.3 Å². The van der Waals surface area contributed by atoms with Gasteiger partial charge in [0.15, 0.2) is 0 Å². The van der Waals surface area contributed by atoms with E-state index in [1.165, 1.54) is 0 Å². The van der Waals surface area contributed by atoms with Crippen LogP contribution in [0.25, 0.3) is 21.8 Å². The van der Waals surface area contributed by atoms with Crippen molar-refractivity contribution in [1.82, 2.24) is 25.9 Å². The van der Waals surface area contributed by atoms with Crippen molar-refractivity contribution < 1.29 is 24.3 Å². The first-order chi connectivity index (χ1) is 23.1. The van der Waals surface area contributed by atoms with Crippen LogP contribution in [0.2, 0.25) is 0 Å². The maximum atomic E-state index is 13.9. The average Bonchev–Trinajstić information content (AvgIpc) is 3.67. The summed E-state index contributed by atoms with van der Waals surface area (Å²) in [6.45, 7) is 3.85. The van der Waals surface area contributed by atoms with Gasteiger partial charge in [-0.15, -0.1) is 0 Å². The first-order valence-corrected chi connectivity index (χ1v) is 16.1. The summed E-state index contributed by atoms with van der Waals surface area (Å²) >= 11 is 0. The highest BCUT2D eigenvalue weighted by atomic mass is 16.4. The van der Waals surface area contributed by atoms with Crippen LogP contribution in [-0.4, -0.2) is 62.9 Å². The topological polar surface area (TPSA) is 182 Å². The highest BCUT2D eigenvalue weighted by molar-refractivity contribution is 5.95. The molecule has 8 N–H and O–H groups in total. The van der Waals surface area contributed by atoms with Crippen LogP contribution in [0, 0.1) is 5.92 Å². The van der Waals surface area contributed by atoms with Crippen molar-refractivity contribution in [1.29, 1.82) is 0 Å². The quantitative estimate of drug-likeness (QED) is 0.0909. The number of nitrogens with two attached hydrogens (primary N) is 1. The van der Waals surface area contributed by atoms with Gasteiger partial charge in [0.05, 0.1) is 6.04 Å². The van der Waals surface area contributed by atoms with E-state index in [-0.39, 0.29) is 18.8 Å². The Hall–Kier alpha value is -5.42. The number of para-hydroxylation sites is 2. The lowest BCUT2D eigenvalue weighted by Gasteiger charge is -2.26. The predicted octanol–water partition coefficient (Wildman–Crippen LogP) is 3.59. The Kier molecular flexibility index (Phi) is 10.9. The van der Waals surface area contributed by atoms with Gasteiger partial charge >= 0.3 is 5.97 Å². The van der Waals surface area contributed by atoms with Crippen LogP contribution in [-0.2, 0) is 38.4 Å². The number of H-pyrrole nitrogens is 2. The molecule has 3 amide bonds. The second kappa shape index (κ2) is 15.4. The zero-order valence-corrected chi connectivity index (χ0v) is 27.0. The standard InChI is InChI=1S/C37H42N6O5/c1-22(2)16-31(41-34(44)28(38)17-23-10-4-3-5-11-23)35(45)42-32(18-24-20-39-29-14-8-6-12-26(24)29)36(46)43-33(37(47)48)19-25-21-40-30-15-9-7-13-27(25)30/h3-15,20-22,28,31-33,39-40H,16-19,38H2,1-2H3,(H,41,44)(H,42,45)(H,43,46)(H,47,48). The molecule has 2 aromatic heterocycles. The zero-order valence-electron chi connectivity index (χ0n) is 27.0. The SMILES string of the molecule is CC(C)CC(NC(=O)C(N)Cc1ccccc1)C(=O)NC(Cc1c[nH]c2ccccc12)C(=O)NC(Cc1c[nH]c2ccccc12)C(=O)O. The fourth-order valence-electron chi connectivity index (χ4n) is 5.94. The van der Waals surface area contributed by atoms with Crippen molar-refractivity contribution in [2.75, 3.05) is 0 Å². The van der Waals surface area contributed by atoms with E-state index in [0.717, 1.165) is 38.5 Å². The molecule has 0 spiro atoms. The number of hydrogen-bond donors (Lipinski definition) is 7. The maximum Gasteiger partial charge on any atom is 0.326 e. The third-order valence-electron chi connectivity index (χ3n) is 8.42. The molecule has 5 rings (SSSR count). The highest BCUT2D eigenvalue weighted by Gasteiger charge is 2.32. The fourth-order valence-corrected chi connectivity index (χ4v) is 5.94. The van der Waals surface area contributed by atoms with Crippen LogP contribution < -0.4 is 21.7 Å². The van der Waals surface area contributed by atoms with Gasteiger partial charge in [-0.3, -0.25) is 14.4 Å². The average molecular weight is 651 g/mol. The molecule has 250 valence electrons. The number of aromatic nitrogens is 2. The molecular formula is C37H42N6O5. The van der Waals surface area contributed by atoms with Crippen molar-refractivity contribution in [2.45, 2.75) is 63.7 Å². The molecular weight excluding hydrogens is 608 g/mol. The number of aromatic amines is 2. The molecule has 11 nitrogen and oxygen atoms in total. The summed E-state index contributed by atoms with van der Waals surface area (Å²) in [5.41, 5.74) is 10.3. The van der Waals surface area contributed by atoms with E-state index < -0.39 is 47.9 Å². The summed E-state index contributed by atoms with van der Waals surface area (Å²) in [5.74, 6) is -2.88. The fraction of sp³-hybridized carbons (Fsp3) is 0.297. The third-order valence-corrected chi connectivity index (χ3v) is 8.42. The zero-order chi connectivity index (χ0) is 34.2. The number of carbonyl (C=O) groups excluding carboxylic acids is 3. The molecule has 0 aliphatic rings. The Bertz CT molecular complexity index is 1880. The number of carboxylic acids is 1. The minimum absolute atomic E-state index is 0.0276. The van der Waals surface area contributed by atoms with E-state index in [2.05, 4.69) is 25.9 Å². The summed E-state index contributed by atoms with van der Waals surface area (Å²) in [5, 5.41) is 20.1. The monoisotopic (exact) mass is 650 g/mol. The normalized spacial score (nSPS) is 13.9. The van der Waals surface area contributed by atoms with Gasteiger partial charge < -0.3 is 36.8 Å². The Morgan fingerprint density at radius 1 is 0.646 bits per heavy atom. The maximum absolute atomic E-state index is 13.9. The van der Waals surface area contributed by atoms with E-state index in [0.29, 0.717) is 12.8 Å². The molecule has 4 unspecified atom stereocenters. The third kappa shape index (κ3) is 8.48. The molecule has 0 saturated carbocycles. The van der Waals surface area contributed by atoms with E-state index in [1.807, 2.05) is 92.7 Å². The minimum atomic E-state index is -1.26. The number of fused-ring (bicyclic) bond motifs is 2. The predicted molar refractivity (Wildman–Crippen MR) is 185 cm³/mol. The number of amides is 3. The van der Waals surface area contributed by atoms with Crippen molar-refractivity contribution in [3.8, 4) is 0 Å². The molecule has 48 heavy (non-hydrogen) atoms. The van der Waals surface area contributed by atoms with E-state index in [9.17, 15) is 24.3 Å². The lowest BCUT2D eigenvalue weighted by Crippen LogP contribution is -2.58. The van der Waals surface area contributed by atoms with Gasteiger partial charge in [-0.25, -0.2) is 4.79 Å². The lowest BCUT2D eigenvalue weighted by atomic mass is 9.99. The molecule has 0 aliphatic carbocycles. The van der Waals surface area contributed by atoms with Crippen LogP contribution in [0.4, 0.5) is 0 Å². The van der Waals surface area contributed by atoms with E-state index >= 15 is 0 Å². The van der Waals surface area contributed by atoms with Gasteiger partial charge in [0.1, 0.15) is 18.1 Å². The van der Waals surface area contributed by atoms with Gasteiger partial charge in [-0.2, -0.15) is 0 Å². The summed E-state index contributed by atoms with van der Waals surface area (Å²) in [6.07, 6.45) is 4.21. The summed E-state index contributed by atoms with van der Waals surface area (Å²) in [7, 11) is 0. The number of hydrogen-bond acceptors (Lipinski definition) is 5. The molecule has 4 atom stereocenters. The summed E-state index contributed by atoms with van der Waals surface area (Å²) < 4.78 is 0. The Labute approximate surface area is 278 Å². The van der Waals surface area contributed by atoms with E-state index in [4.69, 9.17) is 5.73 Å². The first kappa shape index (κ1) is 33.9. The Morgan fingerprint density at radius 2 is 1.12 bits per heavy atom.